The van der Waals surface area contributed by atoms with Crippen LogP contribution in [0.5, 0.6) is 0 Å². The van der Waals surface area contributed by atoms with Crippen LogP contribution in [0.2, 0.25) is 15.1 Å². The maximum Gasteiger partial charge on any atom is 0.343 e. The van der Waals surface area contributed by atoms with Gasteiger partial charge in [0.25, 0.3) is 15.6 Å². The minimum atomic E-state index is -4.61. The SMILES string of the molecule is Nc1c(Cl)ccc(S(=O)(=O)n2c(=O)[nH]c3cc(Cl)ccc3c2=O)c1Cl. The predicted octanol–water partition coefficient (Wildman–Crippen LogP) is 2.47. The second kappa shape index (κ2) is 6.06. The summed E-state index contributed by atoms with van der Waals surface area (Å²) in [7, 11) is -4.61. The number of aromatic nitrogens is 2. The van der Waals surface area contributed by atoms with Crippen molar-refractivity contribution in [3.63, 3.8) is 0 Å². The summed E-state index contributed by atoms with van der Waals surface area (Å²) < 4.78 is 25.7. The highest BCUT2D eigenvalue weighted by Crippen LogP contribution is 2.33. The van der Waals surface area contributed by atoms with Crippen molar-refractivity contribution in [3.8, 4) is 0 Å². The minimum Gasteiger partial charge on any atom is -0.396 e. The lowest BCUT2D eigenvalue weighted by Gasteiger charge is -2.11. The number of nitrogens with one attached hydrogen (secondary N) is 1. The van der Waals surface area contributed by atoms with E-state index in [1.807, 2.05) is 0 Å². The van der Waals surface area contributed by atoms with Crippen LogP contribution in [0.1, 0.15) is 0 Å². The highest BCUT2D eigenvalue weighted by molar-refractivity contribution is 7.90. The summed E-state index contributed by atoms with van der Waals surface area (Å²) in [6.45, 7) is 0. The van der Waals surface area contributed by atoms with Crippen molar-refractivity contribution < 1.29 is 8.42 Å². The van der Waals surface area contributed by atoms with Crippen LogP contribution in [-0.2, 0) is 10.0 Å². The van der Waals surface area contributed by atoms with Crippen molar-refractivity contribution in [2.24, 2.45) is 0 Å². The Kier molecular flexibility index (Phi) is 4.32. The molecule has 2 aromatic carbocycles. The predicted molar refractivity (Wildman–Crippen MR) is 97.3 cm³/mol. The molecule has 1 aromatic heterocycles. The van der Waals surface area contributed by atoms with Gasteiger partial charge in [-0.05, 0) is 30.3 Å². The number of anilines is 1. The van der Waals surface area contributed by atoms with Crippen LogP contribution >= 0.6 is 34.8 Å². The van der Waals surface area contributed by atoms with Crippen LogP contribution in [0.25, 0.3) is 10.9 Å². The van der Waals surface area contributed by atoms with E-state index in [2.05, 4.69) is 4.98 Å². The van der Waals surface area contributed by atoms with Crippen molar-refractivity contribution in [2.45, 2.75) is 4.90 Å². The lowest BCUT2D eigenvalue weighted by Crippen LogP contribution is -2.40. The Morgan fingerprint density at radius 3 is 2.40 bits per heavy atom. The number of nitrogens with zero attached hydrogens (tertiary/aromatic N) is 1. The van der Waals surface area contributed by atoms with Gasteiger partial charge in [-0.25, -0.2) is 13.2 Å². The number of benzene rings is 2. The second-order valence-corrected chi connectivity index (χ2v) is 7.94. The normalized spacial score (nSPS) is 11.8. The summed E-state index contributed by atoms with van der Waals surface area (Å²) in [5.74, 6) is 0. The third-order valence-electron chi connectivity index (χ3n) is 3.43. The molecule has 1 heterocycles. The van der Waals surface area contributed by atoms with Crippen LogP contribution in [0.3, 0.4) is 0 Å². The topological polar surface area (TPSA) is 115 Å². The fourth-order valence-electron chi connectivity index (χ4n) is 2.24. The summed E-state index contributed by atoms with van der Waals surface area (Å²) in [5, 5.41) is -0.101. The average molecular weight is 421 g/mol. The molecule has 0 aliphatic carbocycles. The van der Waals surface area contributed by atoms with Gasteiger partial charge < -0.3 is 10.7 Å². The molecule has 0 unspecified atom stereocenters. The van der Waals surface area contributed by atoms with Crippen LogP contribution in [0, 0.1) is 0 Å². The maximum atomic E-state index is 12.8. The monoisotopic (exact) mass is 419 g/mol. The molecule has 0 saturated heterocycles. The van der Waals surface area contributed by atoms with Crippen LogP contribution in [0.4, 0.5) is 5.69 Å². The van der Waals surface area contributed by atoms with Gasteiger partial charge in [0.1, 0.15) is 4.90 Å². The van der Waals surface area contributed by atoms with E-state index in [9.17, 15) is 18.0 Å². The molecule has 130 valence electrons. The number of nitrogen functional groups attached to an aromatic ring is 1. The number of rotatable bonds is 2. The van der Waals surface area contributed by atoms with Crippen molar-refractivity contribution in [2.75, 3.05) is 5.73 Å². The molecule has 25 heavy (non-hydrogen) atoms. The van der Waals surface area contributed by atoms with Crippen molar-refractivity contribution >= 4 is 61.4 Å². The molecule has 0 aliphatic heterocycles. The standard InChI is InChI=1S/C14H8Cl3N3O4S/c15-6-1-2-7-9(5-6)19-14(22)20(13(7)21)25(23,24)10-4-3-8(16)12(18)11(10)17/h1-5H,18H2,(H,19,22). The van der Waals surface area contributed by atoms with Gasteiger partial charge in [0.15, 0.2) is 0 Å². The van der Waals surface area contributed by atoms with E-state index < -0.39 is 26.2 Å². The lowest BCUT2D eigenvalue weighted by atomic mass is 10.2. The van der Waals surface area contributed by atoms with E-state index >= 15 is 0 Å². The highest BCUT2D eigenvalue weighted by atomic mass is 35.5. The molecule has 3 rings (SSSR count). The van der Waals surface area contributed by atoms with E-state index in [1.165, 1.54) is 24.3 Å². The summed E-state index contributed by atoms with van der Waals surface area (Å²) in [5.41, 5.74) is 3.35. The number of halogens is 3. The summed E-state index contributed by atoms with van der Waals surface area (Å²) in [4.78, 5) is 26.6. The van der Waals surface area contributed by atoms with Gasteiger partial charge in [-0.3, -0.25) is 4.79 Å². The fourth-order valence-corrected chi connectivity index (χ4v) is 4.43. The first-order chi connectivity index (χ1) is 11.6. The molecular formula is C14H8Cl3N3O4S. The van der Waals surface area contributed by atoms with Gasteiger partial charge in [-0.15, -0.1) is 3.97 Å². The smallest absolute Gasteiger partial charge is 0.343 e. The van der Waals surface area contributed by atoms with E-state index in [0.29, 0.717) is 0 Å². The molecule has 0 fully saturated rings. The van der Waals surface area contributed by atoms with E-state index in [-0.39, 0.29) is 35.6 Å². The lowest BCUT2D eigenvalue weighted by molar-refractivity contribution is 0.582. The van der Waals surface area contributed by atoms with Crippen molar-refractivity contribution in [1.29, 1.82) is 0 Å². The summed E-state index contributed by atoms with van der Waals surface area (Å²) >= 11 is 17.5. The molecule has 0 bridgehead atoms. The number of H-pyrrole nitrogens is 1. The first-order valence-electron chi connectivity index (χ1n) is 6.58. The van der Waals surface area contributed by atoms with Crippen molar-refractivity contribution in [3.05, 3.63) is 66.2 Å². The number of hydrogen-bond donors (Lipinski definition) is 2. The Morgan fingerprint density at radius 2 is 1.72 bits per heavy atom. The third-order valence-corrected chi connectivity index (χ3v) is 6.22. The molecule has 7 nitrogen and oxygen atoms in total. The minimum absolute atomic E-state index is 0.0365. The molecule has 0 saturated carbocycles. The zero-order valence-electron chi connectivity index (χ0n) is 12.1. The largest absolute Gasteiger partial charge is 0.396 e. The molecule has 0 aliphatic rings. The Labute approximate surface area is 155 Å². The average Bonchev–Trinajstić information content (AvgIpc) is 2.51. The maximum absolute atomic E-state index is 12.8. The zero-order chi connectivity index (χ0) is 18.5. The molecule has 11 heteroatoms. The zero-order valence-corrected chi connectivity index (χ0v) is 15.2. The first-order valence-corrected chi connectivity index (χ1v) is 9.15. The molecule has 0 amide bonds. The number of fused-ring (bicyclic) bond motifs is 1. The fraction of sp³-hybridized carbons (Fsp3) is 0. The quantitative estimate of drug-likeness (QED) is 0.618. The molecular weight excluding hydrogens is 413 g/mol. The van der Waals surface area contributed by atoms with Gasteiger partial charge in [0, 0.05) is 5.02 Å². The number of hydrogen-bond acceptors (Lipinski definition) is 5. The molecule has 3 N–H and O–H groups in total. The van der Waals surface area contributed by atoms with Gasteiger partial charge >= 0.3 is 5.69 Å². The van der Waals surface area contributed by atoms with Gasteiger partial charge in [-0.2, -0.15) is 0 Å². The second-order valence-electron chi connectivity index (χ2n) is 4.97. The molecule has 0 radical (unpaired) electrons. The van der Waals surface area contributed by atoms with Gasteiger partial charge in [0.05, 0.1) is 26.6 Å². The first kappa shape index (κ1) is 17.8. The van der Waals surface area contributed by atoms with Crippen molar-refractivity contribution in [1.82, 2.24) is 8.96 Å². The summed E-state index contributed by atoms with van der Waals surface area (Å²) in [6.07, 6.45) is 0. The van der Waals surface area contributed by atoms with Crippen LogP contribution < -0.4 is 17.0 Å². The van der Waals surface area contributed by atoms with Gasteiger partial charge in [0.2, 0.25) is 0 Å². The number of nitrogens with two attached hydrogens (primary N) is 1. The van der Waals surface area contributed by atoms with E-state index in [0.717, 1.165) is 6.07 Å². The third kappa shape index (κ3) is 2.81. The Hall–Kier alpha value is -2.00. The Bertz CT molecular complexity index is 1250. The van der Waals surface area contributed by atoms with E-state index in [1.54, 1.807) is 0 Å². The Balaban J connectivity index is 2.40. The van der Waals surface area contributed by atoms with Crippen LogP contribution in [0.15, 0.2) is 44.8 Å². The Morgan fingerprint density at radius 1 is 1.04 bits per heavy atom. The van der Waals surface area contributed by atoms with E-state index in [4.69, 9.17) is 40.5 Å². The van der Waals surface area contributed by atoms with Crippen LogP contribution in [-0.4, -0.2) is 17.4 Å². The molecule has 3 aromatic rings. The summed E-state index contributed by atoms with van der Waals surface area (Å²) in [6, 6.07) is 6.31. The number of aromatic amines is 1. The molecule has 0 spiro atoms. The highest BCUT2D eigenvalue weighted by Gasteiger charge is 2.27. The molecule has 0 atom stereocenters. The van der Waals surface area contributed by atoms with Gasteiger partial charge in [-0.1, -0.05) is 34.8 Å².